The topological polar surface area (TPSA) is 29.5 Å². The number of likely N-dealkylation sites (N-methyl/N-ethyl adjacent to an activating group) is 1. The number of carbonyl (C=O) groups is 1. The van der Waals surface area contributed by atoms with Crippen LogP contribution in [0.2, 0.25) is 0 Å². The largest absolute Gasteiger partial charge is 0.493 e. The summed E-state index contributed by atoms with van der Waals surface area (Å²) < 4.78 is 5.39. The summed E-state index contributed by atoms with van der Waals surface area (Å²) in [7, 11) is 3.79. The van der Waals surface area contributed by atoms with Crippen LogP contribution in [0.3, 0.4) is 0 Å². The molecule has 0 unspecified atom stereocenters. The Morgan fingerprint density at radius 3 is 3.00 bits per heavy atom. The third-order valence-corrected chi connectivity index (χ3v) is 2.47. The molecule has 1 heterocycles. The highest BCUT2D eigenvalue weighted by Gasteiger charge is 2.15. The average Bonchev–Trinajstić information content (AvgIpc) is 2.62. The number of benzene rings is 1. The van der Waals surface area contributed by atoms with Crippen LogP contribution in [0.4, 0.5) is 0 Å². The Morgan fingerprint density at radius 1 is 1.47 bits per heavy atom. The number of Topliss-reactive ketones (excluding diaryl/α,β-unsaturated/α-hetero) is 1. The lowest BCUT2D eigenvalue weighted by molar-refractivity contribution is 0.0958. The van der Waals surface area contributed by atoms with Gasteiger partial charge in [-0.1, -0.05) is 0 Å². The molecule has 1 aromatic carbocycles. The number of hydrogen-bond donors (Lipinski definition) is 0. The Labute approximate surface area is 89.7 Å². The standard InChI is InChI=1S/C12H15NO2/c1-13(2)8-11(14)9-3-4-12-10(7-9)5-6-15-12/h3-4,7H,5-6,8H2,1-2H3. The molecule has 3 heteroatoms. The Balaban J connectivity index is 2.19. The monoisotopic (exact) mass is 205 g/mol. The molecule has 0 aliphatic carbocycles. The Morgan fingerprint density at radius 2 is 2.27 bits per heavy atom. The van der Waals surface area contributed by atoms with E-state index in [9.17, 15) is 4.79 Å². The first kappa shape index (κ1) is 10.2. The molecule has 0 fully saturated rings. The summed E-state index contributed by atoms with van der Waals surface area (Å²) in [5.41, 5.74) is 1.94. The molecule has 0 saturated heterocycles. The van der Waals surface area contributed by atoms with E-state index in [-0.39, 0.29) is 5.78 Å². The Kier molecular flexibility index (Phi) is 2.73. The first-order chi connectivity index (χ1) is 7.16. The number of ether oxygens (including phenoxy) is 1. The van der Waals surface area contributed by atoms with Crippen molar-refractivity contribution in [2.45, 2.75) is 6.42 Å². The molecule has 1 aliphatic rings. The van der Waals surface area contributed by atoms with Gasteiger partial charge in [0.15, 0.2) is 5.78 Å². The van der Waals surface area contributed by atoms with E-state index in [4.69, 9.17) is 4.74 Å². The summed E-state index contributed by atoms with van der Waals surface area (Å²) in [5.74, 6) is 1.09. The molecule has 0 amide bonds. The molecule has 0 radical (unpaired) electrons. The van der Waals surface area contributed by atoms with Crippen LogP contribution in [0.1, 0.15) is 15.9 Å². The van der Waals surface area contributed by atoms with Gasteiger partial charge in [0.05, 0.1) is 13.2 Å². The first-order valence-electron chi connectivity index (χ1n) is 5.10. The van der Waals surface area contributed by atoms with Crippen molar-refractivity contribution in [1.29, 1.82) is 0 Å². The lowest BCUT2D eigenvalue weighted by Crippen LogP contribution is -2.21. The van der Waals surface area contributed by atoms with Gasteiger partial charge in [0, 0.05) is 12.0 Å². The van der Waals surface area contributed by atoms with Crippen LogP contribution >= 0.6 is 0 Å². The van der Waals surface area contributed by atoms with Crippen LogP contribution in [0, 0.1) is 0 Å². The number of rotatable bonds is 3. The number of hydrogen-bond acceptors (Lipinski definition) is 3. The van der Waals surface area contributed by atoms with E-state index in [0.29, 0.717) is 6.54 Å². The summed E-state index contributed by atoms with van der Waals surface area (Å²) in [6, 6.07) is 5.69. The molecular formula is C12H15NO2. The second-order valence-electron chi connectivity index (χ2n) is 4.08. The average molecular weight is 205 g/mol. The summed E-state index contributed by atoms with van der Waals surface area (Å²) in [6.07, 6.45) is 0.915. The summed E-state index contributed by atoms with van der Waals surface area (Å²) >= 11 is 0. The van der Waals surface area contributed by atoms with Gasteiger partial charge in [0.1, 0.15) is 5.75 Å². The molecule has 3 nitrogen and oxygen atoms in total. The number of ketones is 1. The third-order valence-electron chi connectivity index (χ3n) is 2.47. The molecule has 2 rings (SSSR count). The number of fused-ring (bicyclic) bond motifs is 1. The van der Waals surface area contributed by atoms with Gasteiger partial charge in [-0.2, -0.15) is 0 Å². The predicted molar refractivity (Wildman–Crippen MR) is 58.5 cm³/mol. The van der Waals surface area contributed by atoms with Gasteiger partial charge in [-0.25, -0.2) is 0 Å². The van der Waals surface area contributed by atoms with Crippen LogP contribution in [0.25, 0.3) is 0 Å². The van der Waals surface area contributed by atoms with Gasteiger partial charge in [0.2, 0.25) is 0 Å². The fourth-order valence-corrected chi connectivity index (χ4v) is 1.74. The fourth-order valence-electron chi connectivity index (χ4n) is 1.74. The van der Waals surface area contributed by atoms with Crippen LogP contribution < -0.4 is 4.74 Å². The number of carbonyl (C=O) groups excluding carboxylic acids is 1. The van der Waals surface area contributed by atoms with Crippen molar-refractivity contribution < 1.29 is 9.53 Å². The van der Waals surface area contributed by atoms with Crippen LogP contribution in [-0.4, -0.2) is 37.9 Å². The summed E-state index contributed by atoms with van der Waals surface area (Å²) in [4.78, 5) is 13.7. The van der Waals surface area contributed by atoms with Crippen molar-refractivity contribution in [2.24, 2.45) is 0 Å². The lowest BCUT2D eigenvalue weighted by Gasteiger charge is -2.08. The van der Waals surface area contributed by atoms with Gasteiger partial charge in [0.25, 0.3) is 0 Å². The maximum Gasteiger partial charge on any atom is 0.176 e. The molecule has 80 valence electrons. The highest BCUT2D eigenvalue weighted by Crippen LogP contribution is 2.25. The van der Waals surface area contributed by atoms with E-state index in [1.54, 1.807) is 0 Å². The highest BCUT2D eigenvalue weighted by atomic mass is 16.5. The highest BCUT2D eigenvalue weighted by molar-refractivity contribution is 5.97. The maximum absolute atomic E-state index is 11.8. The van der Waals surface area contributed by atoms with Gasteiger partial charge < -0.3 is 9.64 Å². The summed E-state index contributed by atoms with van der Waals surface area (Å²) in [5, 5.41) is 0. The second-order valence-corrected chi connectivity index (χ2v) is 4.08. The van der Waals surface area contributed by atoms with E-state index >= 15 is 0 Å². The minimum absolute atomic E-state index is 0.162. The van der Waals surface area contributed by atoms with Gasteiger partial charge in [-0.15, -0.1) is 0 Å². The normalized spacial score (nSPS) is 13.8. The minimum Gasteiger partial charge on any atom is -0.493 e. The van der Waals surface area contributed by atoms with Gasteiger partial charge >= 0.3 is 0 Å². The molecule has 0 aromatic heterocycles. The minimum atomic E-state index is 0.162. The van der Waals surface area contributed by atoms with Crippen LogP contribution in [0.15, 0.2) is 18.2 Å². The molecular weight excluding hydrogens is 190 g/mol. The Bertz CT molecular complexity index is 385. The maximum atomic E-state index is 11.8. The zero-order valence-corrected chi connectivity index (χ0v) is 9.12. The van der Waals surface area contributed by atoms with Crippen molar-refractivity contribution in [3.8, 4) is 5.75 Å². The van der Waals surface area contributed by atoms with E-state index in [1.165, 1.54) is 0 Å². The van der Waals surface area contributed by atoms with Crippen molar-refractivity contribution in [3.63, 3.8) is 0 Å². The molecule has 0 saturated carbocycles. The van der Waals surface area contributed by atoms with Crippen molar-refractivity contribution in [3.05, 3.63) is 29.3 Å². The molecule has 0 N–H and O–H groups in total. The van der Waals surface area contributed by atoms with E-state index in [2.05, 4.69) is 0 Å². The summed E-state index contributed by atoms with van der Waals surface area (Å²) in [6.45, 7) is 1.19. The zero-order chi connectivity index (χ0) is 10.8. The lowest BCUT2D eigenvalue weighted by atomic mass is 10.1. The molecule has 15 heavy (non-hydrogen) atoms. The van der Waals surface area contributed by atoms with Crippen molar-refractivity contribution in [2.75, 3.05) is 27.2 Å². The molecule has 0 spiro atoms. The first-order valence-corrected chi connectivity index (χ1v) is 5.10. The van der Waals surface area contributed by atoms with E-state index in [0.717, 1.165) is 29.9 Å². The quantitative estimate of drug-likeness (QED) is 0.698. The zero-order valence-electron chi connectivity index (χ0n) is 9.12. The van der Waals surface area contributed by atoms with E-state index in [1.807, 2.05) is 37.2 Å². The van der Waals surface area contributed by atoms with Gasteiger partial charge in [-0.05, 0) is 37.9 Å². The smallest absolute Gasteiger partial charge is 0.176 e. The molecule has 0 bridgehead atoms. The van der Waals surface area contributed by atoms with E-state index < -0.39 is 0 Å². The van der Waals surface area contributed by atoms with Gasteiger partial charge in [-0.3, -0.25) is 4.79 Å². The molecule has 0 atom stereocenters. The predicted octanol–water partition coefficient (Wildman–Crippen LogP) is 1.37. The van der Waals surface area contributed by atoms with Crippen LogP contribution in [-0.2, 0) is 6.42 Å². The molecule has 1 aromatic rings. The second kappa shape index (κ2) is 4.03. The number of nitrogens with zero attached hydrogens (tertiary/aromatic N) is 1. The Hall–Kier alpha value is -1.35. The third kappa shape index (κ3) is 2.18. The SMILES string of the molecule is CN(C)CC(=O)c1ccc2c(c1)CCO2. The van der Waals surface area contributed by atoms with Crippen molar-refractivity contribution >= 4 is 5.78 Å². The fraction of sp³-hybridized carbons (Fsp3) is 0.417. The van der Waals surface area contributed by atoms with Crippen molar-refractivity contribution in [1.82, 2.24) is 4.90 Å². The molecule has 1 aliphatic heterocycles. The van der Waals surface area contributed by atoms with Crippen LogP contribution in [0.5, 0.6) is 5.75 Å².